The molecule has 2 aromatic carbocycles. The van der Waals surface area contributed by atoms with Gasteiger partial charge in [0.2, 0.25) is 10.0 Å². The van der Waals surface area contributed by atoms with Crippen LogP contribution in [0.3, 0.4) is 0 Å². The standard InChI is InChI=1S/C26H32N4O4S/c1-20(21-10-8-12-24(16-21)34-3)30(23-18-27-28(2)19-23)26(31)22-11-9-13-25(17-22)35(32,33)29-14-6-4-5-7-15-29/h8-13,16-20H,4-7,14-15H2,1-3H3/t20-/m1/s1. The number of amides is 1. The molecule has 0 unspecified atom stereocenters. The maximum atomic E-state index is 13.9. The number of rotatable bonds is 7. The Hall–Kier alpha value is -3.17. The van der Waals surface area contributed by atoms with Crippen LogP contribution in [0.4, 0.5) is 5.69 Å². The molecule has 0 bridgehead atoms. The van der Waals surface area contributed by atoms with E-state index in [2.05, 4.69) is 5.10 Å². The van der Waals surface area contributed by atoms with Gasteiger partial charge in [0.1, 0.15) is 5.75 Å². The van der Waals surface area contributed by atoms with E-state index in [9.17, 15) is 13.2 Å². The molecule has 1 aliphatic heterocycles. The Morgan fingerprint density at radius 1 is 1.06 bits per heavy atom. The predicted octanol–water partition coefficient (Wildman–Crippen LogP) is 4.40. The van der Waals surface area contributed by atoms with E-state index < -0.39 is 10.0 Å². The van der Waals surface area contributed by atoms with Crippen molar-refractivity contribution < 1.29 is 17.9 Å². The first-order valence-electron chi connectivity index (χ1n) is 11.9. The Morgan fingerprint density at radius 2 is 1.77 bits per heavy atom. The van der Waals surface area contributed by atoms with Crippen LogP contribution in [-0.4, -0.2) is 48.6 Å². The summed E-state index contributed by atoms with van der Waals surface area (Å²) in [7, 11) is -0.290. The van der Waals surface area contributed by atoms with Gasteiger partial charge in [0.05, 0.1) is 29.9 Å². The van der Waals surface area contributed by atoms with Gasteiger partial charge in [0.25, 0.3) is 5.91 Å². The fourth-order valence-electron chi connectivity index (χ4n) is 4.46. The molecule has 1 atom stereocenters. The molecule has 1 fully saturated rings. The van der Waals surface area contributed by atoms with Crippen LogP contribution in [0.25, 0.3) is 0 Å². The SMILES string of the molecule is COc1cccc([C@@H](C)N(C(=O)c2cccc(S(=O)(=O)N3CCCCCC3)c2)c2cnn(C)c2)c1. The van der Waals surface area contributed by atoms with Crippen molar-refractivity contribution in [2.24, 2.45) is 7.05 Å². The summed E-state index contributed by atoms with van der Waals surface area (Å²) in [5, 5.41) is 4.25. The molecule has 9 heteroatoms. The number of hydrogen-bond acceptors (Lipinski definition) is 5. The predicted molar refractivity (Wildman–Crippen MR) is 135 cm³/mol. The zero-order chi connectivity index (χ0) is 25.0. The molecule has 1 aliphatic rings. The van der Waals surface area contributed by atoms with Crippen molar-refractivity contribution in [3.63, 3.8) is 0 Å². The normalized spacial score (nSPS) is 15.9. The number of nitrogens with zero attached hydrogens (tertiary/aromatic N) is 4. The monoisotopic (exact) mass is 496 g/mol. The zero-order valence-corrected chi connectivity index (χ0v) is 21.2. The summed E-state index contributed by atoms with van der Waals surface area (Å²) in [5.74, 6) is 0.389. The average molecular weight is 497 g/mol. The first kappa shape index (κ1) is 24.9. The van der Waals surface area contributed by atoms with E-state index in [0.29, 0.717) is 30.1 Å². The highest BCUT2D eigenvalue weighted by Crippen LogP contribution is 2.31. The second kappa shape index (κ2) is 10.6. The lowest BCUT2D eigenvalue weighted by atomic mass is 10.0. The Kier molecular flexibility index (Phi) is 7.57. The highest BCUT2D eigenvalue weighted by molar-refractivity contribution is 7.89. The molecule has 35 heavy (non-hydrogen) atoms. The van der Waals surface area contributed by atoms with E-state index in [-0.39, 0.29) is 16.8 Å². The fourth-order valence-corrected chi connectivity index (χ4v) is 6.02. The summed E-state index contributed by atoms with van der Waals surface area (Å²) >= 11 is 0. The van der Waals surface area contributed by atoms with Gasteiger partial charge in [-0.3, -0.25) is 14.4 Å². The van der Waals surface area contributed by atoms with Gasteiger partial charge >= 0.3 is 0 Å². The van der Waals surface area contributed by atoms with Crippen LogP contribution in [0.2, 0.25) is 0 Å². The van der Waals surface area contributed by atoms with E-state index >= 15 is 0 Å². The molecule has 0 N–H and O–H groups in total. The minimum atomic E-state index is -3.68. The minimum Gasteiger partial charge on any atom is -0.497 e. The lowest BCUT2D eigenvalue weighted by Crippen LogP contribution is -2.34. The van der Waals surface area contributed by atoms with Crippen molar-refractivity contribution in [3.8, 4) is 5.75 Å². The highest BCUT2D eigenvalue weighted by Gasteiger charge is 2.29. The average Bonchev–Trinajstić information content (AvgIpc) is 3.11. The molecule has 1 aromatic heterocycles. The number of aryl methyl sites for hydroxylation is 1. The minimum absolute atomic E-state index is 0.144. The summed E-state index contributed by atoms with van der Waals surface area (Å²) in [4.78, 5) is 15.7. The Balaban J connectivity index is 1.71. The van der Waals surface area contributed by atoms with Crippen LogP contribution in [0.1, 0.15) is 54.6 Å². The Labute approximate surface area is 207 Å². The smallest absolute Gasteiger partial charge is 0.258 e. The maximum absolute atomic E-state index is 13.9. The summed E-state index contributed by atoms with van der Waals surface area (Å²) in [6, 6.07) is 13.6. The molecule has 1 amide bonds. The topological polar surface area (TPSA) is 84.7 Å². The molecule has 1 saturated heterocycles. The second-order valence-electron chi connectivity index (χ2n) is 8.85. The van der Waals surface area contributed by atoms with Crippen LogP contribution in [-0.2, 0) is 17.1 Å². The van der Waals surface area contributed by atoms with Crippen molar-refractivity contribution in [3.05, 3.63) is 72.1 Å². The van der Waals surface area contributed by atoms with Gasteiger partial charge in [-0.2, -0.15) is 9.40 Å². The largest absolute Gasteiger partial charge is 0.497 e. The van der Waals surface area contributed by atoms with E-state index in [1.807, 2.05) is 31.2 Å². The third kappa shape index (κ3) is 5.41. The van der Waals surface area contributed by atoms with Crippen LogP contribution < -0.4 is 9.64 Å². The molecule has 0 spiro atoms. The first-order chi connectivity index (χ1) is 16.8. The van der Waals surface area contributed by atoms with E-state index in [1.165, 1.54) is 6.07 Å². The number of aromatic nitrogens is 2. The van der Waals surface area contributed by atoms with E-state index in [1.54, 1.807) is 58.6 Å². The summed E-state index contributed by atoms with van der Waals surface area (Å²) in [6.45, 7) is 2.95. The highest BCUT2D eigenvalue weighted by atomic mass is 32.2. The molecular formula is C26H32N4O4S. The second-order valence-corrected chi connectivity index (χ2v) is 10.8. The van der Waals surface area contributed by atoms with Gasteiger partial charge in [0, 0.05) is 31.9 Å². The summed E-state index contributed by atoms with van der Waals surface area (Å²) in [5.41, 5.74) is 1.81. The van der Waals surface area contributed by atoms with Crippen molar-refractivity contribution >= 4 is 21.6 Å². The summed E-state index contributed by atoms with van der Waals surface area (Å²) < 4.78 is 35.3. The van der Waals surface area contributed by atoms with Gasteiger partial charge in [0.15, 0.2) is 0 Å². The van der Waals surface area contributed by atoms with Crippen molar-refractivity contribution in [2.75, 3.05) is 25.1 Å². The number of carbonyl (C=O) groups excluding carboxylic acids is 1. The van der Waals surface area contributed by atoms with Crippen molar-refractivity contribution in [2.45, 2.75) is 43.5 Å². The molecule has 0 aliphatic carbocycles. The number of anilines is 1. The van der Waals surface area contributed by atoms with Crippen molar-refractivity contribution in [1.29, 1.82) is 0 Å². The van der Waals surface area contributed by atoms with Crippen LogP contribution in [0.15, 0.2) is 65.8 Å². The maximum Gasteiger partial charge on any atom is 0.258 e. The lowest BCUT2D eigenvalue weighted by Gasteiger charge is -2.29. The first-order valence-corrected chi connectivity index (χ1v) is 13.3. The fraction of sp³-hybridized carbons (Fsp3) is 0.385. The third-order valence-corrected chi connectivity index (χ3v) is 8.33. The Morgan fingerprint density at radius 3 is 2.43 bits per heavy atom. The molecule has 2 heterocycles. The molecule has 0 radical (unpaired) electrons. The van der Waals surface area contributed by atoms with Crippen LogP contribution in [0, 0.1) is 0 Å². The van der Waals surface area contributed by atoms with Gasteiger partial charge in [-0.25, -0.2) is 8.42 Å². The quantitative estimate of drug-likeness (QED) is 0.484. The number of sulfonamides is 1. The third-order valence-electron chi connectivity index (χ3n) is 6.44. The number of hydrogen-bond donors (Lipinski definition) is 0. The molecular weight excluding hydrogens is 464 g/mol. The molecule has 0 saturated carbocycles. The van der Waals surface area contributed by atoms with Crippen LogP contribution >= 0.6 is 0 Å². The number of ether oxygens (including phenoxy) is 1. The van der Waals surface area contributed by atoms with Gasteiger partial charge in [-0.15, -0.1) is 0 Å². The Bertz CT molecular complexity index is 1280. The van der Waals surface area contributed by atoms with Gasteiger partial charge in [-0.1, -0.05) is 31.0 Å². The molecule has 8 nitrogen and oxygen atoms in total. The lowest BCUT2D eigenvalue weighted by molar-refractivity contribution is 0.0978. The number of methoxy groups -OCH3 is 1. The molecule has 3 aromatic rings. The van der Waals surface area contributed by atoms with E-state index in [4.69, 9.17) is 4.74 Å². The van der Waals surface area contributed by atoms with Gasteiger partial charge in [-0.05, 0) is 55.7 Å². The summed E-state index contributed by atoms with van der Waals surface area (Å²) in [6.07, 6.45) is 7.17. The van der Waals surface area contributed by atoms with E-state index in [0.717, 1.165) is 31.2 Å². The van der Waals surface area contributed by atoms with Crippen LogP contribution in [0.5, 0.6) is 5.75 Å². The number of carbonyl (C=O) groups is 1. The molecule has 186 valence electrons. The number of benzene rings is 2. The molecule has 4 rings (SSSR count). The van der Waals surface area contributed by atoms with Gasteiger partial charge < -0.3 is 4.74 Å². The zero-order valence-electron chi connectivity index (χ0n) is 20.4. The van der Waals surface area contributed by atoms with Crippen molar-refractivity contribution in [1.82, 2.24) is 14.1 Å².